The fourth-order valence-corrected chi connectivity index (χ4v) is 0.958. The predicted octanol–water partition coefficient (Wildman–Crippen LogP) is 3.04. The summed E-state index contributed by atoms with van der Waals surface area (Å²) < 4.78 is 99.5. The number of carbonyl (C=O) groups is 1. The van der Waals surface area contributed by atoms with Gasteiger partial charge in [0.1, 0.15) is 5.92 Å². The van der Waals surface area contributed by atoms with Crippen molar-refractivity contribution >= 4 is 5.97 Å². The molecular weight excluding hydrogens is 280 g/mol. The van der Waals surface area contributed by atoms with Crippen LogP contribution >= 0.6 is 0 Å². The van der Waals surface area contributed by atoms with Crippen LogP contribution in [-0.2, 0) is 4.79 Å². The first-order valence-corrected chi connectivity index (χ1v) is 4.11. The molecule has 0 aromatic carbocycles. The van der Waals surface area contributed by atoms with Gasteiger partial charge in [0, 0.05) is 0 Å². The van der Waals surface area contributed by atoms with E-state index in [-0.39, 0.29) is 6.08 Å². The van der Waals surface area contributed by atoms with E-state index >= 15 is 0 Å². The minimum absolute atomic E-state index is 0.238. The van der Waals surface area contributed by atoms with Crippen molar-refractivity contribution in [2.24, 2.45) is 5.92 Å². The van der Waals surface area contributed by atoms with Gasteiger partial charge in [-0.15, -0.1) is 6.58 Å². The van der Waals surface area contributed by atoms with Gasteiger partial charge in [-0.2, -0.15) is 26.3 Å². The molecule has 1 unspecified atom stereocenters. The second-order valence-electron chi connectivity index (χ2n) is 3.17. The highest BCUT2D eigenvalue weighted by Crippen LogP contribution is 2.51. The molecule has 106 valence electrons. The third-order valence-corrected chi connectivity index (χ3v) is 2.00. The molecule has 0 aliphatic rings. The quantitative estimate of drug-likeness (QED) is 0.602. The van der Waals surface area contributed by atoms with Crippen molar-refractivity contribution < 1.29 is 45.0 Å². The number of alkyl halides is 8. The monoisotopic (exact) mass is 286 g/mol. The maximum atomic E-state index is 13.0. The van der Waals surface area contributed by atoms with E-state index < -0.39 is 36.1 Å². The zero-order chi connectivity index (χ0) is 14.9. The molecule has 0 saturated carbocycles. The second kappa shape index (κ2) is 4.73. The highest BCUT2D eigenvalue weighted by atomic mass is 19.4. The lowest BCUT2D eigenvalue weighted by Gasteiger charge is -2.34. The summed E-state index contributed by atoms with van der Waals surface area (Å²) in [5, 5.41) is 8.16. The van der Waals surface area contributed by atoms with Gasteiger partial charge < -0.3 is 5.11 Å². The molecule has 0 spiro atoms. The SMILES string of the molecule is C=CC(C(=O)O)C(F)(F)C(F)(F)C(F)(F)C(F)F. The topological polar surface area (TPSA) is 37.3 Å². The molecule has 18 heavy (non-hydrogen) atoms. The van der Waals surface area contributed by atoms with Crippen LogP contribution in [-0.4, -0.2) is 35.3 Å². The number of carboxylic acid groups (broad SMARTS) is 1. The number of carboxylic acids is 1. The van der Waals surface area contributed by atoms with Gasteiger partial charge in [0.05, 0.1) is 0 Å². The van der Waals surface area contributed by atoms with Crippen LogP contribution in [0.15, 0.2) is 12.7 Å². The Hall–Kier alpha value is -1.35. The molecule has 1 N–H and O–H groups in total. The van der Waals surface area contributed by atoms with Gasteiger partial charge in [-0.05, 0) is 0 Å². The smallest absolute Gasteiger partial charge is 0.379 e. The summed E-state index contributed by atoms with van der Waals surface area (Å²) >= 11 is 0. The van der Waals surface area contributed by atoms with Crippen LogP contribution in [0.3, 0.4) is 0 Å². The Morgan fingerprint density at radius 1 is 1.06 bits per heavy atom. The number of hydrogen-bond donors (Lipinski definition) is 1. The molecule has 1 atom stereocenters. The Morgan fingerprint density at radius 3 is 1.67 bits per heavy atom. The summed E-state index contributed by atoms with van der Waals surface area (Å²) in [6.45, 7) is 2.46. The standard InChI is InChI=1S/C8H6F8O2/c1-2-3(4(17)18)6(11,12)8(15,16)7(13,14)5(9)10/h2-3,5H,1H2,(H,17,18). The van der Waals surface area contributed by atoms with Gasteiger partial charge in [0.25, 0.3) is 0 Å². The first kappa shape index (κ1) is 16.6. The van der Waals surface area contributed by atoms with Crippen molar-refractivity contribution in [1.29, 1.82) is 0 Å². The van der Waals surface area contributed by atoms with Crippen molar-refractivity contribution in [2.75, 3.05) is 0 Å². The molecule has 2 nitrogen and oxygen atoms in total. The van der Waals surface area contributed by atoms with Crippen LogP contribution in [0.2, 0.25) is 0 Å². The van der Waals surface area contributed by atoms with Crippen molar-refractivity contribution in [1.82, 2.24) is 0 Å². The number of hydrogen-bond acceptors (Lipinski definition) is 1. The normalized spacial score (nSPS) is 15.6. The van der Waals surface area contributed by atoms with Gasteiger partial charge in [0.2, 0.25) is 0 Å². The van der Waals surface area contributed by atoms with Crippen LogP contribution in [0.5, 0.6) is 0 Å². The molecule has 0 bridgehead atoms. The van der Waals surface area contributed by atoms with E-state index in [1.165, 1.54) is 0 Å². The third kappa shape index (κ3) is 2.27. The van der Waals surface area contributed by atoms with Crippen LogP contribution < -0.4 is 0 Å². The molecule has 0 fully saturated rings. The zero-order valence-corrected chi connectivity index (χ0v) is 8.32. The van der Waals surface area contributed by atoms with Gasteiger partial charge >= 0.3 is 30.2 Å². The van der Waals surface area contributed by atoms with E-state index in [9.17, 15) is 39.9 Å². The first-order valence-electron chi connectivity index (χ1n) is 4.11. The van der Waals surface area contributed by atoms with Gasteiger partial charge in [-0.1, -0.05) is 6.08 Å². The lowest BCUT2D eigenvalue weighted by molar-refractivity contribution is -0.345. The summed E-state index contributed by atoms with van der Waals surface area (Å²) in [6.07, 6.45) is -5.32. The van der Waals surface area contributed by atoms with Crippen molar-refractivity contribution in [3.63, 3.8) is 0 Å². The number of halogens is 8. The molecule has 0 aromatic heterocycles. The molecule has 0 saturated heterocycles. The minimum Gasteiger partial charge on any atom is -0.481 e. The fourth-order valence-electron chi connectivity index (χ4n) is 0.958. The Labute approximate surface area is 94.9 Å². The Morgan fingerprint density at radius 2 is 1.44 bits per heavy atom. The summed E-state index contributed by atoms with van der Waals surface area (Å²) in [7, 11) is 0. The zero-order valence-electron chi connectivity index (χ0n) is 8.32. The summed E-state index contributed by atoms with van der Waals surface area (Å²) in [6, 6.07) is 0. The molecule has 0 rings (SSSR count). The molecule has 0 radical (unpaired) electrons. The Kier molecular flexibility index (Phi) is 4.37. The molecule has 10 heteroatoms. The Balaban J connectivity index is 5.71. The number of aliphatic carboxylic acids is 1. The summed E-state index contributed by atoms with van der Waals surface area (Å²) in [5.41, 5.74) is 0. The molecule has 0 heterocycles. The van der Waals surface area contributed by atoms with Crippen LogP contribution in [0.1, 0.15) is 0 Å². The summed E-state index contributed by atoms with van der Waals surface area (Å²) in [5.74, 6) is -24.9. The van der Waals surface area contributed by atoms with E-state index in [2.05, 4.69) is 6.58 Å². The highest BCUT2D eigenvalue weighted by molar-refractivity contribution is 5.73. The minimum atomic E-state index is -6.55. The van der Waals surface area contributed by atoms with Gasteiger partial charge in [-0.25, -0.2) is 8.78 Å². The maximum Gasteiger partial charge on any atom is 0.379 e. The molecule has 0 amide bonds. The largest absolute Gasteiger partial charge is 0.481 e. The first-order chi connectivity index (χ1) is 7.84. The average Bonchev–Trinajstić information content (AvgIpc) is 2.16. The fraction of sp³-hybridized carbons (Fsp3) is 0.625. The second-order valence-corrected chi connectivity index (χ2v) is 3.17. The number of rotatable bonds is 6. The van der Waals surface area contributed by atoms with Crippen LogP contribution in [0.4, 0.5) is 35.1 Å². The van der Waals surface area contributed by atoms with Crippen LogP contribution in [0, 0.1) is 5.92 Å². The third-order valence-electron chi connectivity index (χ3n) is 2.00. The van der Waals surface area contributed by atoms with Crippen molar-refractivity contribution in [3.05, 3.63) is 12.7 Å². The van der Waals surface area contributed by atoms with Crippen LogP contribution in [0.25, 0.3) is 0 Å². The van der Waals surface area contributed by atoms with E-state index in [0.717, 1.165) is 0 Å². The van der Waals surface area contributed by atoms with E-state index in [0.29, 0.717) is 0 Å². The molecule has 0 aliphatic carbocycles. The molecule has 0 aromatic rings. The van der Waals surface area contributed by atoms with E-state index in [1.807, 2.05) is 0 Å². The van der Waals surface area contributed by atoms with Crippen molar-refractivity contribution in [2.45, 2.75) is 24.2 Å². The van der Waals surface area contributed by atoms with Gasteiger partial charge in [0.15, 0.2) is 0 Å². The highest BCUT2D eigenvalue weighted by Gasteiger charge is 2.77. The molecular formula is C8H6F8O2. The van der Waals surface area contributed by atoms with Crippen molar-refractivity contribution in [3.8, 4) is 0 Å². The predicted molar refractivity (Wildman–Crippen MR) is 42.2 cm³/mol. The van der Waals surface area contributed by atoms with E-state index in [4.69, 9.17) is 5.11 Å². The van der Waals surface area contributed by atoms with E-state index in [1.54, 1.807) is 0 Å². The average molecular weight is 286 g/mol. The Bertz CT molecular complexity index is 338. The lowest BCUT2D eigenvalue weighted by atomic mass is 9.92. The van der Waals surface area contributed by atoms with Gasteiger partial charge in [-0.3, -0.25) is 4.79 Å². The summed E-state index contributed by atoms with van der Waals surface area (Å²) in [4.78, 5) is 10.2. The maximum absolute atomic E-state index is 13.0. The lowest BCUT2D eigenvalue weighted by Crippen LogP contribution is -2.61. The molecule has 0 aliphatic heterocycles.